The van der Waals surface area contributed by atoms with Crippen LogP contribution in [0.25, 0.3) is 0 Å². The summed E-state index contributed by atoms with van der Waals surface area (Å²) in [7, 11) is 0. The summed E-state index contributed by atoms with van der Waals surface area (Å²) in [6.45, 7) is 8.56. The highest BCUT2D eigenvalue weighted by molar-refractivity contribution is 6.42. The van der Waals surface area contributed by atoms with Gasteiger partial charge in [0.1, 0.15) is 6.61 Å². The summed E-state index contributed by atoms with van der Waals surface area (Å²) in [5, 5.41) is 3.89. The third-order valence-corrected chi connectivity index (χ3v) is 6.13. The van der Waals surface area contributed by atoms with Gasteiger partial charge in [-0.3, -0.25) is 4.90 Å². The van der Waals surface area contributed by atoms with Gasteiger partial charge in [-0.05, 0) is 49.0 Å². The third kappa shape index (κ3) is 6.28. The van der Waals surface area contributed by atoms with Crippen molar-refractivity contribution in [2.45, 2.75) is 20.4 Å². The molecular weight excluding hydrogens is 451 g/mol. The normalized spacial score (nSPS) is 13.4. The first-order chi connectivity index (χ1) is 15.4. The lowest BCUT2D eigenvalue weighted by Crippen LogP contribution is -2.40. The van der Waals surface area contributed by atoms with Crippen molar-refractivity contribution < 1.29 is 14.3 Å². The van der Waals surface area contributed by atoms with Gasteiger partial charge in [-0.15, -0.1) is 0 Å². The lowest BCUT2D eigenvalue weighted by Gasteiger charge is -2.27. The van der Waals surface area contributed by atoms with Crippen LogP contribution >= 0.6 is 23.2 Å². The molecule has 1 fully saturated rings. The molecule has 3 rings (SSSR count). The van der Waals surface area contributed by atoms with E-state index in [0.717, 1.165) is 25.2 Å². The monoisotopic (exact) mass is 478 g/mol. The van der Waals surface area contributed by atoms with Crippen LogP contribution in [0.15, 0.2) is 42.5 Å². The zero-order chi connectivity index (χ0) is 23.1. The largest absolute Gasteiger partial charge is 0.447 e. The Balaban J connectivity index is 1.74. The Hall–Kier alpha value is -2.48. The molecule has 7 nitrogen and oxygen atoms in total. The molecule has 1 N–H and O–H groups in total. The molecule has 0 atom stereocenters. The Morgan fingerprint density at radius 1 is 1.09 bits per heavy atom. The number of nitrogens with one attached hydrogen (secondary N) is 1. The van der Waals surface area contributed by atoms with Gasteiger partial charge in [-0.25, -0.2) is 9.59 Å². The lowest BCUT2D eigenvalue weighted by atomic mass is 10.2. The maximum absolute atomic E-state index is 13.2. The van der Waals surface area contributed by atoms with Crippen molar-refractivity contribution in [3.63, 3.8) is 0 Å². The smallest absolute Gasteiger partial charge is 0.414 e. The fraction of sp³-hybridized carbons (Fsp3) is 0.391. The first-order valence-electron chi connectivity index (χ1n) is 10.7. The van der Waals surface area contributed by atoms with Gasteiger partial charge in [0.15, 0.2) is 0 Å². The highest BCUT2D eigenvalue weighted by atomic mass is 35.5. The van der Waals surface area contributed by atoms with E-state index in [1.54, 1.807) is 40.1 Å². The number of benzene rings is 2. The maximum Gasteiger partial charge on any atom is 0.414 e. The molecular formula is C23H28Cl2N4O3. The number of halogens is 2. The number of anilines is 2. The summed E-state index contributed by atoms with van der Waals surface area (Å²) in [4.78, 5) is 30.6. The molecule has 0 aromatic heterocycles. The molecule has 0 bridgehead atoms. The molecule has 1 saturated heterocycles. The summed E-state index contributed by atoms with van der Waals surface area (Å²) in [6, 6.07) is 12.3. The molecule has 1 aliphatic rings. The van der Waals surface area contributed by atoms with Gasteiger partial charge >= 0.3 is 12.1 Å². The van der Waals surface area contributed by atoms with Gasteiger partial charge in [0.2, 0.25) is 0 Å². The molecule has 0 spiro atoms. The van der Waals surface area contributed by atoms with Crippen LogP contribution in [0.5, 0.6) is 0 Å². The van der Waals surface area contributed by atoms with Crippen molar-refractivity contribution in [1.82, 2.24) is 9.80 Å². The number of amides is 3. The van der Waals surface area contributed by atoms with Crippen LogP contribution in [0.1, 0.15) is 19.4 Å². The molecule has 3 amide bonds. The number of nitrogens with zero attached hydrogens (tertiary/aromatic N) is 3. The molecule has 1 heterocycles. The van der Waals surface area contributed by atoms with E-state index in [-0.39, 0.29) is 12.1 Å². The van der Waals surface area contributed by atoms with Crippen molar-refractivity contribution in [3.05, 3.63) is 58.1 Å². The zero-order valence-corrected chi connectivity index (χ0v) is 19.8. The average Bonchev–Trinajstić information content (AvgIpc) is 3.22. The number of carbonyl (C=O) groups excluding carboxylic acids is 2. The molecule has 0 aliphatic carbocycles. The second kappa shape index (κ2) is 11.4. The Labute approximate surface area is 198 Å². The van der Waals surface area contributed by atoms with Gasteiger partial charge < -0.3 is 19.9 Å². The predicted molar refractivity (Wildman–Crippen MR) is 129 cm³/mol. The van der Waals surface area contributed by atoms with Crippen molar-refractivity contribution in [2.75, 3.05) is 49.5 Å². The number of hydrogen-bond donors (Lipinski definition) is 1. The second-order valence-electron chi connectivity index (χ2n) is 7.44. The molecule has 172 valence electrons. The van der Waals surface area contributed by atoms with Crippen LogP contribution in [0.2, 0.25) is 10.0 Å². The molecule has 2 aromatic rings. The van der Waals surface area contributed by atoms with Crippen LogP contribution in [-0.4, -0.2) is 61.3 Å². The minimum absolute atomic E-state index is 0.232. The van der Waals surface area contributed by atoms with E-state index < -0.39 is 0 Å². The standard InChI is InChI=1S/C23H28Cl2N4O3/c1-3-27(4-2)10-11-28(16-17-8-9-20(24)21(25)14-17)22(30)26-18-6-5-7-19(15-18)29-12-13-32-23(29)31/h5-9,14-15H,3-4,10-13,16H2,1-2H3,(H,26,30). The first-order valence-corrected chi connectivity index (χ1v) is 11.4. The summed E-state index contributed by atoms with van der Waals surface area (Å²) in [6.07, 6.45) is -0.381. The van der Waals surface area contributed by atoms with E-state index in [1.807, 2.05) is 12.1 Å². The van der Waals surface area contributed by atoms with Crippen LogP contribution in [-0.2, 0) is 11.3 Å². The number of hydrogen-bond acceptors (Lipinski definition) is 4. The average molecular weight is 479 g/mol. The number of cyclic esters (lactones) is 1. The van der Waals surface area contributed by atoms with Crippen molar-refractivity contribution in [3.8, 4) is 0 Å². The van der Waals surface area contributed by atoms with E-state index >= 15 is 0 Å². The van der Waals surface area contributed by atoms with E-state index in [2.05, 4.69) is 24.1 Å². The number of ether oxygens (including phenoxy) is 1. The highest BCUT2D eigenvalue weighted by Crippen LogP contribution is 2.25. The predicted octanol–water partition coefficient (Wildman–Crippen LogP) is 5.33. The second-order valence-corrected chi connectivity index (χ2v) is 8.26. The van der Waals surface area contributed by atoms with Crippen molar-refractivity contribution >= 4 is 46.7 Å². The molecule has 0 unspecified atom stereocenters. The summed E-state index contributed by atoms with van der Waals surface area (Å²) < 4.78 is 5.01. The van der Waals surface area contributed by atoms with Crippen molar-refractivity contribution in [2.24, 2.45) is 0 Å². The van der Waals surface area contributed by atoms with Gasteiger partial charge in [0, 0.05) is 31.0 Å². The Morgan fingerprint density at radius 3 is 2.53 bits per heavy atom. The molecule has 0 saturated carbocycles. The van der Waals surface area contributed by atoms with Gasteiger partial charge in [0.05, 0.1) is 16.6 Å². The number of carbonyl (C=O) groups is 2. The van der Waals surface area contributed by atoms with Crippen LogP contribution in [0, 0.1) is 0 Å². The number of urea groups is 1. The molecule has 9 heteroatoms. The molecule has 32 heavy (non-hydrogen) atoms. The van der Waals surface area contributed by atoms with Gasteiger partial charge in [0.25, 0.3) is 0 Å². The first kappa shape index (κ1) is 24.2. The Morgan fingerprint density at radius 2 is 1.88 bits per heavy atom. The highest BCUT2D eigenvalue weighted by Gasteiger charge is 2.24. The Bertz CT molecular complexity index is 953. The summed E-state index contributed by atoms with van der Waals surface area (Å²) in [5.41, 5.74) is 2.18. The maximum atomic E-state index is 13.2. The van der Waals surface area contributed by atoms with Crippen LogP contribution in [0.3, 0.4) is 0 Å². The van der Waals surface area contributed by atoms with Crippen LogP contribution in [0.4, 0.5) is 21.0 Å². The van der Waals surface area contributed by atoms with E-state index in [0.29, 0.717) is 47.7 Å². The van der Waals surface area contributed by atoms with E-state index in [4.69, 9.17) is 27.9 Å². The van der Waals surface area contributed by atoms with Crippen LogP contribution < -0.4 is 10.2 Å². The lowest BCUT2D eigenvalue weighted by molar-refractivity contribution is 0.181. The fourth-order valence-corrected chi connectivity index (χ4v) is 3.82. The topological polar surface area (TPSA) is 65.1 Å². The van der Waals surface area contributed by atoms with E-state index in [1.165, 1.54) is 0 Å². The summed E-state index contributed by atoms with van der Waals surface area (Å²) >= 11 is 12.2. The zero-order valence-electron chi connectivity index (χ0n) is 18.3. The molecule has 1 aliphatic heterocycles. The minimum Gasteiger partial charge on any atom is -0.447 e. The quantitative estimate of drug-likeness (QED) is 0.529. The molecule has 0 radical (unpaired) electrons. The van der Waals surface area contributed by atoms with E-state index in [9.17, 15) is 9.59 Å². The fourth-order valence-electron chi connectivity index (χ4n) is 3.49. The number of likely N-dealkylation sites (N-methyl/N-ethyl adjacent to an activating group) is 1. The number of rotatable bonds is 9. The molecule has 2 aromatic carbocycles. The van der Waals surface area contributed by atoms with Gasteiger partial charge in [-0.1, -0.05) is 49.2 Å². The third-order valence-electron chi connectivity index (χ3n) is 5.40. The SMILES string of the molecule is CCN(CC)CCN(Cc1ccc(Cl)c(Cl)c1)C(=O)Nc1cccc(N2CCOC2=O)c1. The van der Waals surface area contributed by atoms with Gasteiger partial charge in [-0.2, -0.15) is 0 Å². The minimum atomic E-state index is -0.381. The summed E-state index contributed by atoms with van der Waals surface area (Å²) in [5.74, 6) is 0. The van der Waals surface area contributed by atoms with Crippen molar-refractivity contribution in [1.29, 1.82) is 0 Å². The Kier molecular flexibility index (Phi) is 8.61.